The average Bonchev–Trinajstić information content (AvgIpc) is 2.54. The van der Waals surface area contributed by atoms with Crippen LogP contribution < -0.4 is 0 Å². The highest BCUT2D eigenvalue weighted by Crippen LogP contribution is 2.36. The molecule has 0 fully saturated rings. The Hall–Kier alpha value is -2.38. The van der Waals surface area contributed by atoms with Crippen LogP contribution >= 0.6 is 11.6 Å². The second-order valence-corrected chi connectivity index (χ2v) is 5.97. The summed E-state index contributed by atoms with van der Waals surface area (Å²) < 4.78 is 0. The van der Waals surface area contributed by atoms with Gasteiger partial charge in [0, 0.05) is 21.4 Å². The van der Waals surface area contributed by atoms with E-state index in [4.69, 9.17) is 16.6 Å². The van der Waals surface area contributed by atoms with Gasteiger partial charge in [-0.25, -0.2) is 4.98 Å². The van der Waals surface area contributed by atoms with E-state index in [9.17, 15) is 0 Å². The minimum atomic E-state index is 0.735. The van der Waals surface area contributed by atoms with E-state index in [1.807, 2.05) is 24.3 Å². The minimum Gasteiger partial charge on any atom is -0.248 e. The number of rotatable bonds is 1. The maximum Gasteiger partial charge on any atom is 0.0717 e. The number of hydrogen-bond acceptors (Lipinski definition) is 1. The molecule has 2 heteroatoms. The number of aromatic nitrogens is 1. The van der Waals surface area contributed by atoms with Crippen LogP contribution in [0.1, 0.15) is 5.56 Å². The van der Waals surface area contributed by atoms with Crippen LogP contribution in [-0.2, 0) is 0 Å². The van der Waals surface area contributed by atoms with E-state index in [0.717, 1.165) is 21.4 Å². The third kappa shape index (κ3) is 2.15. The maximum atomic E-state index is 6.23. The second-order valence-electron chi connectivity index (χ2n) is 5.53. The second kappa shape index (κ2) is 5.11. The van der Waals surface area contributed by atoms with Gasteiger partial charge >= 0.3 is 0 Å². The predicted octanol–water partition coefficient (Wildman–Crippen LogP) is 6.02. The van der Waals surface area contributed by atoms with Crippen LogP contribution in [0.25, 0.3) is 32.9 Å². The first-order valence-corrected chi connectivity index (χ1v) is 7.65. The summed E-state index contributed by atoms with van der Waals surface area (Å²) in [5.74, 6) is 0. The minimum absolute atomic E-state index is 0.735. The molecule has 3 aromatic carbocycles. The van der Waals surface area contributed by atoms with Crippen LogP contribution in [0.15, 0.2) is 66.7 Å². The molecule has 1 aromatic heterocycles. The van der Waals surface area contributed by atoms with Gasteiger partial charge in [0.05, 0.1) is 11.0 Å². The Balaban J connectivity index is 2.24. The molecule has 0 amide bonds. The van der Waals surface area contributed by atoms with Crippen molar-refractivity contribution in [3.05, 3.63) is 77.3 Å². The first kappa shape index (κ1) is 13.3. The lowest BCUT2D eigenvalue weighted by atomic mass is 9.95. The quantitative estimate of drug-likeness (QED) is 0.392. The summed E-state index contributed by atoms with van der Waals surface area (Å²) in [5, 5.41) is 3.00. The molecule has 0 aliphatic heterocycles. The van der Waals surface area contributed by atoms with Crippen molar-refractivity contribution in [3.8, 4) is 11.1 Å². The van der Waals surface area contributed by atoms with Gasteiger partial charge in [-0.15, -0.1) is 0 Å². The maximum absolute atomic E-state index is 6.23. The van der Waals surface area contributed by atoms with E-state index in [1.165, 1.54) is 22.1 Å². The molecule has 0 atom stereocenters. The van der Waals surface area contributed by atoms with Gasteiger partial charge in [-0.2, -0.15) is 0 Å². The Morgan fingerprint density at radius 2 is 1.45 bits per heavy atom. The van der Waals surface area contributed by atoms with Crippen LogP contribution in [0.5, 0.6) is 0 Å². The van der Waals surface area contributed by atoms with Crippen molar-refractivity contribution in [3.63, 3.8) is 0 Å². The van der Waals surface area contributed by atoms with Gasteiger partial charge in [0.2, 0.25) is 0 Å². The molecule has 1 heterocycles. The van der Waals surface area contributed by atoms with Gasteiger partial charge in [0.1, 0.15) is 0 Å². The largest absolute Gasteiger partial charge is 0.248 e. The molecule has 4 rings (SSSR count). The summed E-state index contributed by atoms with van der Waals surface area (Å²) in [6.45, 7) is 2.11. The van der Waals surface area contributed by atoms with Gasteiger partial charge in [0.25, 0.3) is 0 Å². The topological polar surface area (TPSA) is 12.9 Å². The average molecular weight is 304 g/mol. The van der Waals surface area contributed by atoms with Gasteiger partial charge < -0.3 is 0 Å². The summed E-state index contributed by atoms with van der Waals surface area (Å²) in [6.07, 6.45) is 0. The Morgan fingerprint density at radius 1 is 0.773 bits per heavy atom. The Morgan fingerprint density at radius 3 is 2.23 bits per heavy atom. The Kier molecular flexibility index (Phi) is 3.09. The van der Waals surface area contributed by atoms with Crippen LogP contribution in [0.2, 0.25) is 5.02 Å². The molecule has 0 saturated carbocycles. The van der Waals surface area contributed by atoms with Crippen molar-refractivity contribution in [2.24, 2.45) is 0 Å². The molecule has 4 aromatic rings. The highest BCUT2D eigenvalue weighted by atomic mass is 35.5. The lowest BCUT2D eigenvalue weighted by Gasteiger charge is -2.12. The van der Waals surface area contributed by atoms with Crippen molar-refractivity contribution in [1.82, 2.24) is 4.98 Å². The molecule has 0 unspecified atom stereocenters. The monoisotopic (exact) mass is 303 g/mol. The number of nitrogens with zero attached hydrogens (tertiary/aromatic N) is 1. The number of aryl methyl sites for hydroxylation is 1. The summed E-state index contributed by atoms with van der Waals surface area (Å²) in [6, 6.07) is 22.7. The lowest BCUT2D eigenvalue weighted by Crippen LogP contribution is -1.90. The number of benzene rings is 3. The fraction of sp³-hybridized carbons (Fsp3) is 0.0500. The van der Waals surface area contributed by atoms with Gasteiger partial charge in [-0.1, -0.05) is 53.6 Å². The number of fused-ring (bicyclic) bond motifs is 2. The van der Waals surface area contributed by atoms with Crippen molar-refractivity contribution in [2.45, 2.75) is 6.92 Å². The van der Waals surface area contributed by atoms with E-state index >= 15 is 0 Å². The lowest BCUT2D eigenvalue weighted by molar-refractivity contribution is 1.45. The first-order valence-electron chi connectivity index (χ1n) is 7.27. The van der Waals surface area contributed by atoms with Crippen molar-refractivity contribution in [2.75, 3.05) is 0 Å². The molecule has 0 radical (unpaired) electrons. The molecular weight excluding hydrogens is 290 g/mol. The number of hydrogen-bond donors (Lipinski definition) is 0. The molecule has 22 heavy (non-hydrogen) atoms. The highest BCUT2D eigenvalue weighted by Gasteiger charge is 2.11. The van der Waals surface area contributed by atoms with E-state index in [0.29, 0.717) is 0 Å². The fourth-order valence-corrected chi connectivity index (χ4v) is 3.12. The predicted molar refractivity (Wildman–Crippen MR) is 94.4 cm³/mol. The normalized spacial score (nSPS) is 11.2. The smallest absolute Gasteiger partial charge is 0.0717 e. The summed E-state index contributed by atoms with van der Waals surface area (Å²) in [7, 11) is 0. The summed E-state index contributed by atoms with van der Waals surface area (Å²) in [4.78, 5) is 4.79. The Bertz CT molecular complexity index is 931. The first-order chi connectivity index (χ1) is 10.7. The summed E-state index contributed by atoms with van der Waals surface area (Å²) >= 11 is 6.23. The van der Waals surface area contributed by atoms with Crippen molar-refractivity contribution < 1.29 is 0 Å². The molecule has 0 spiro atoms. The van der Waals surface area contributed by atoms with Crippen molar-refractivity contribution >= 4 is 33.4 Å². The van der Waals surface area contributed by atoms with Gasteiger partial charge in [-0.05, 0) is 42.8 Å². The molecule has 0 bridgehead atoms. The SMILES string of the molecule is Cc1ccc2nc3ccc(Cl)cc3c(-c3ccccc3)c2c1. The molecule has 1 nitrogen and oxygen atoms in total. The zero-order chi connectivity index (χ0) is 15.1. The standard InChI is InChI=1S/C20H14ClN/c1-13-7-9-18-16(11-13)20(14-5-3-2-4-6-14)17-12-15(21)8-10-19(17)22-18/h2-12H,1H3. The van der Waals surface area contributed by atoms with Crippen LogP contribution in [0.3, 0.4) is 0 Å². The van der Waals surface area contributed by atoms with E-state index < -0.39 is 0 Å². The molecule has 0 N–H and O–H groups in total. The molecular formula is C20H14ClN. The van der Waals surface area contributed by atoms with E-state index in [-0.39, 0.29) is 0 Å². The highest BCUT2D eigenvalue weighted by molar-refractivity contribution is 6.31. The number of pyridine rings is 1. The van der Waals surface area contributed by atoms with E-state index in [2.05, 4.69) is 49.4 Å². The van der Waals surface area contributed by atoms with E-state index in [1.54, 1.807) is 0 Å². The molecule has 0 aliphatic carbocycles. The van der Waals surface area contributed by atoms with Crippen LogP contribution in [0, 0.1) is 6.92 Å². The zero-order valence-corrected chi connectivity index (χ0v) is 12.9. The third-order valence-corrected chi connectivity index (χ3v) is 4.19. The Labute approximate surface area is 134 Å². The molecule has 0 aliphatic rings. The molecule has 106 valence electrons. The van der Waals surface area contributed by atoms with Crippen LogP contribution in [-0.4, -0.2) is 4.98 Å². The molecule has 0 saturated heterocycles. The third-order valence-electron chi connectivity index (χ3n) is 3.95. The zero-order valence-electron chi connectivity index (χ0n) is 12.2. The van der Waals surface area contributed by atoms with Gasteiger partial charge in [0.15, 0.2) is 0 Å². The fourth-order valence-electron chi connectivity index (χ4n) is 2.94. The van der Waals surface area contributed by atoms with Gasteiger partial charge in [-0.3, -0.25) is 0 Å². The van der Waals surface area contributed by atoms with Crippen molar-refractivity contribution in [1.29, 1.82) is 0 Å². The summed E-state index contributed by atoms with van der Waals surface area (Å²) in [5.41, 5.74) is 5.60. The van der Waals surface area contributed by atoms with Crippen LogP contribution in [0.4, 0.5) is 0 Å². The number of halogens is 1.